The first kappa shape index (κ1) is 47.7. The Kier molecular flexibility index (Phi) is 14.5. The molecule has 0 saturated carbocycles. The Labute approximate surface area is 367 Å². The largest absolute Gasteiger partial charge is 0.507 e. The Balaban J connectivity index is 1.16. The zero-order valence-corrected chi connectivity index (χ0v) is 35.7. The van der Waals surface area contributed by atoms with Crippen LogP contribution in [0.3, 0.4) is 0 Å². The maximum atomic E-state index is 14.0. The van der Waals surface area contributed by atoms with Crippen LogP contribution in [0.2, 0.25) is 0 Å². The molecule has 1 fully saturated rings. The van der Waals surface area contributed by atoms with E-state index in [1.54, 1.807) is 24.3 Å². The number of Topliss-reactive ketones (excluding diaryl/α,β-unsaturated/α-hetero) is 2. The summed E-state index contributed by atoms with van der Waals surface area (Å²) in [6.07, 6.45) is -7.30. The number of aromatic hydroxyl groups is 2. The van der Waals surface area contributed by atoms with Crippen molar-refractivity contribution in [2.24, 2.45) is 17.6 Å². The lowest BCUT2D eigenvalue weighted by Gasteiger charge is -2.42. The summed E-state index contributed by atoms with van der Waals surface area (Å²) in [6.45, 7) is 3.46. The minimum absolute atomic E-state index is 0.0389. The van der Waals surface area contributed by atoms with E-state index < -0.39 is 132 Å². The minimum atomic E-state index is -2.38. The van der Waals surface area contributed by atoms with Gasteiger partial charge in [0.25, 0.3) is 0 Å². The highest BCUT2D eigenvalue weighted by molar-refractivity contribution is 6.31. The average Bonchev–Trinajstić information content (AvgIpc) is 3.26. The zero-order valence-electron chi connectivity index (χ0n) is 35.7. The summed E-state index contributed by atoms with van der Waals surface area (Å²) < 4.78 is 22.9. The second-order valence-electron chi connectivity index (χ2n) is 16.8. The first-order valence-electron chi connectivity index (χ1n) is 20.8. The zero-order chi connectivity index (χ0) is 46.8. The monoisotopic (exact) mass is 891 g/mol. The summed E-state index contributed by atoms with van der Waals surface area (Å²) in [4.78, 5) is 79.3. The highest BCUT2D eigenvalue weighted by Gasteiger charge is 2.50. The van der Waals surface area contributed by atoms with Crippen molar-refractivity contribution >= 4 is 40.8 Å². The van der Waals surface area contributed by atoms with Crippen LogP contribution in [0.25, 0.3) is 0 Å². The summed E-state index contributed by atoms with van der Waals surface area (Å²) in [5, 5.41) is 70.4. The molecule has 0 aromatic heterocycles. The average molecular weight is 892 g/mol. The van der Waals surface area contributed by atoms with Gasteiger partial charge in [-0.3, -0.25) is 24.0 Å². The number of nitrogens with two attached hydrogens (primary N) is 1. The predicted molar refractivity (Wildman–Crippen MR) is 224 cm³/mol. The molecule has 1 saturated heterocycles. The van der Waals surface area contributed by atoms with Crippen molar-refractivity contribution in [2.75, 3.05) is 25.6 Å². The number of ether oxygens (including phenoxy) is 4. The fraction of sp³-hybridized carbons (Fsp3) is 0.467. The number of hydrogen-bond donors (Lipinski definition) is 9. The topological polar surface area (TPSA) is 311 Å². The lowest BCUT2D eigenvalue weighted by atomic mass is 9.72. The molecule has 3 aromatic carbocycles. The number of amides is 2. The molecule has 6 rings (SSSR count). The lowest BCUT2D eigenvalue weighted by molar-refractivity contribution is -0.249. The van der Waals surface area contributed by atoms with Crippen LogP contribution in [0, 0.1) is 11.8 Å². The van der Waals surface area contributed by atoms with E-state index in [0.29, 0.717) is 17.7 Å². The molecular formula is C45H53N3O16. The maximum absolute atomic E-state index is 14.0. The highest BCUT2D eigenvalue weighted by atomic mass is 16.7. The third kappa shape index (κ3) is 9.65. The number of aliphatic hydroxyl groups is 4. The van der Waals surface area contributed by atoms with E-state index in [4.69, 9.17) is 24.7 Å². The molecule has 0 radical (unpaired) electrons. The molecule has 19 nitrogen and oxygen atoms in total. The van der Waals surface area contributed by atoms with E-state index in [-0.39, 0.29) is 53.4 Å². The van der Waals surface area contributed by atoms with Crippen molar-refractivity contribution in [3.05, 3.63) is 81.4 Å². The van der Waals surface area contributed by atoms with Gasteiger partial charge >= 0.3 is 6.09 Å². The normalized spacial score (nSPS) is 23.6. The number of rotatable bonds is 16. The van der Waals surface area contributed by atoms with Gasteiger partial charge in [-0.25, -0.2) is 4.79 Å². The van der Waals surface area contributed by atoms with Crippen LogP contribution in [0.4, 0.5) is 10.5 Å². The molecule has 3 aliphatic rings. The van der Waals surface area contributed by atoms with Gasteiger partial charge in [0.05, 0.1) is 54.7 Å². The molecule has 2 unspecified atom stereocenters. The standard InChI is InChI=1S/C45H53N3O16/c1-20(2)12-23(13-29(51)27(46)17-49)43(58)47-24-10-8-22(9-11-24)19-62-44(59)48-28-14-33(63-21(3)38(28)53)64-31-16-45(60,32(52)18-50)15-26-35(31)42(57)37-36(40(26)55)39(54)25-6-5-7-30(61-4)34(25)41(37)56/h5-11,20-21,23,27-28,31,33,38,49-50,53,55,57,60H,12-19,46H2,1-4H3,(H,47,58)(H,48,59)/t21-,23+,27-,28?,31?,33-,38+,45-/m0/s1. The number of benzene rings is 3. The Morgan fingerprint density at radius 2 is 1.67 bits per heavy atom. The molecular weight excluding hydrogens is 838 g/mol. The smallest absolute Gasteiger partial charge is 0.407 e. The predicted octanol–water partition coefficient (Wildman–Crippen LogP) is 1.85. The number of phenols is 2. The number of methoxy groups -OCH3 is 1. The molecule has 8 atom stereocenters. The number of carbonyl (C=O) groups is 6. The van der Waals surface area contributed by atoms with E-state index >= 15 is 0 Å². The van der Waals surface area contributed by atoms with Gasteiger partial charge in [-0.15, -0.1) is 0 Å². The molecule has 0 bridgehead atoms. The van der Waals surface area contributed by atoms with Gasteiger partial charge in [0, 0.05) is 54.0 Å². The molecule has 344 valence electrons. The van der Waals surface area contributed by atoms with E-state index in [9.17, 15) is 59.4 Å². The van der Waals surface area contributed by atoms with Gasteiger partial charge in [-0.1, -0.05) is 38.1 Å². The first-order valence-corrected chi connectivity index (χ1v) is 20.8. The molecule has 0 spiro atoms. The number of alkyl carbamates (subject to hydrolysis) is 1. The van der Waals surface area contributed by atoms with Crippen molar-refractivity contribution in [1.29, 1.82) is 0 Å². The summed E-state index contributed by atoms with van der Waals surface area (Å²) in [6, 6.07) is 8.51. The third-order valence-corrected chi connectivity index (χ3v) is 11.8. The van der Waals surface area contributed by atoms with Crippen LogP contribution >= 0.6 is 0 Å². The number of aliphatic hydroxyl groups excluding tert-OH is 3. The quantitative estimate of drug-likeness (QED) is 0.0725. The minimum Gasteiger partial charge on any atom is -0.507 e. The summed E-state index contributed by atoms with van der Waals surface area (Å²) in [5.74, 6) is -5.63. The summed E-state index contributed by atoms with van der Waals surface area (Å²) >= 11 is 0. The second kappa shape index (κ2) is 19.5. The number of nitrogens with one attached hydrogen (secondary N) is 2. The Morgan fingerprint density at radius 3 is 2.31 bits per heavy atom. The number of anilines is 1. The SMILES string of the molecule is COc1cccc2c1C(=O)c1c(O)c3c(c(O)c1C2=O)C[C@@](O)(C(=O)CO)CC3O[C@H]1CC(NC(=O)OCc2ccc(NC(=O)[C@@H](CC(=O)[C@@H](N)CO)CC(C)C)cc2)[C@H](O)[C@H](C)O1. The van der Waals surface area contributed by atoms with Gasteiger partial charge in [0.2, 0.25) is 11.7 Å². The number of phenolic OH excluding ortho intramolecular Hbond substituents is 2. The van der Waals surface area contributed by atoms with Crippen LogP contribution in [0.15, 0.2) is 42.5 Å². The van der Waals surface area contributed by atoms with E-state index in [2.05, 4.69) is 10.6 Å². The van der Waals surface area contributed by atoms with Crippen LogP contribution < -0.4 is 21.1 Å². The fourth-order valence-electron chi connectivity index (χ4n) is 8.48. The Hall–Kier alpha value is -5.80. The van der Waals surface area contributed by atoms with Crippen molar-refractivity contribution < 1.29 is 78.4 Å². The van der Waals surface area contributed by atoms with Crippen LogP contribution in [-0.2, 0) is 41.6 Å². The van der Waals surface area contributed by atoms with Crippen molar-refractivity contribution in [3.8, 4) is 17.2 Å². The van der Waals surface area contributed by atoms with E-state index in [0.717, 1.165) is 0 Å². The molecule has 2 aliphatic carbocycles. The van der Waals surface area contributed by atoms with Gasteiger partial charge in [-0.05, 0) is 43.0 Å². The van der Waals surface area contributed by atoms with E-state index in [1.807, 2.05) is 13.8 Å². The Bertz CT molecular complexity index is 2320. The van der Waals surface area contributed by atoms with E-state index in [1.165, 1.54) is 32.2 Å². The molecule has 1 heterocycles. The lowest BCUT2D eigenvalue weighted by Crippen LogP contribution is -2.56. The first-order chi connectivity index (χ1) is 30.3. The van der Waals surface area contributed by atoms with Crippen molar-refractivity contribution in [2.45, 2.75) is 102 Å². The summed E-state index contributed by atoms with van der Waals surface area (Å²) in [5.41, 5.74) is 2.34. The summed E-state index contributed by atoms with van der Waals surface area (Å²) in [7, 11) is 1.29. The van der Waals surface area contributed by atoms with Gasteiger partial charge in [0.1, 0.15) is 42.2 Å². The number of hydrogen-bond acceptors (Lipinski definition) is 17. The molecule has 1 aliphatic heterocycles. The third-order valence-electron chi connectivity index (χ3n) is 11.8. The molecule has 10 N–H and O–H groups in total. The fourth-order valence-corrected chi connectivity index (χ4v) is 8.48. The van der Waals surface area contributed by atoms with Crippen molar-refractivity contribution in [1.82, 2.24) is 5.32 Å². The maximum Gasteiger partial charge on any atom is 0.407 e. The van der Waals surface area contributed by atoms with Crippen LogP contribution in [0.5, 0.6) is 17.2 Å². The second-order valence-corrected chi connectivity index (χ2v) is 16.8. The van der Waals surface area contributed by atoms with Crippen molar-refractivity contribution in [3.63, 3.8) is 0 Å². The highest BCUT2D eigenvalue weighted by Crippen LogP contribution is 2.52. The van der Waals surface area contributed by atoms with Crippen LogP contribution in [-0.4, -0.2) is 122 Å². The molecule has 19 heteroatoms. The number of carbonyl (C=O) groups excluding carboxylic acids is 6. The molecule has 2 amide bonds. The Morgan fingerprint density at radius 1 is 0.984 bits per heavy atom. The van der Waals surface area contributed by atoms with Gasteiger partial charge in [-0.2, -0.15) is 0 Å². The molecule has 64 heavy (non-hydrogen) atoms. The van der Waals surface area contributed by atoms with Gasteiger partial charge in [0.15, 0.2) is 23.6 Å². The number of fused-ring (bicyclic) bond motifs is 3. The van der Waals surface area contributed by atoms with Crippen LogP contribution in [0.1, 0.15) is 101 Å². The molecule has 3 aromatic rings. The number of ketones is 4. The van der Waals surface area contributed by atoms with Gasteiger partial charge < -0.3 is 66.0 Å².